The molecule has 1 fully saturated rings. The van der Waals surface area contributed by atoms with Crippen molar-refractivity contribution in [1.29, 1.82) is 0 Å². The normalized spacial score (nSPS) is 18.0. The Kier molecular flexibility index (Phi) is 7.42. The van der Waals surface area contributed by atoms with Crippen molar-refractivity contribution < 1.29 is 14.3 Å². The minimum Gasteiger partial charge on any atom is -0.494 e. The molecule has 7 nitrogen and oxygen atoms in total. The number of ether oxygens (including phenoxy) is 1. The van der Waals surface area contributed by atoms with Crippen molar-refractivity contribution in [2.75, 3.05) is 11.9 Å². The zero-order chi connectivity index (χ0) is 20.6. The summed E-state index contributed by atoms with van der Waals surface area (Å²) in [5.41, 5.74) is 1.43. The molecule has 0 saturated carbocycles. The largest absolute Gasteiger partial charge is 0.494 e. The summed E-state index contributed by atoms with van der Waals surface area (Å²) in [5, 5.41) is 15.6. The van der Waals surface area contributed by atoms with Gasteiger partial charge >= 0.3 is 0 Å². The van der Waals surface area contributed by atoms with Crippen LogP contribution in [-0.4, -0.2) is 34.6 Å². The number of amidine groups is 1. The zero-order valence-electron chi connectivity index (χ0n) is 16.2. The molecule has 3 rings (SSSR count). The van der Waals surface area contributed by atoms with Crippen molar-refractivity contribution in [3.63, 3.8) is 0 Å². The Hall–Kier alpha value is -2.65. The highest BCUT2D eigenvalue weighted by atomic mass is 32.2. The molecule has 1 atom stereocenters. The number of thioether (sulfide) groups is 1. The molecule has 1 aromatic heterocycles. The van der Waals surface area contributed by atoms with E-state index in [0.29, 0.717) is 17.5 Å². The molecule has 29 heavy (non-hydrogen) atoms. The molecular weight excluding hydrogens is 408 g/mol. The highest BCUT2D eigenvalue weighted by molar-refractivity contribution is 8.15. The number of carbonyl (C=O) groups is 2. The number of rotatable bonds is 8. The van der Waals surface area contributed by atoms with Crippen LogP contribution in [0.1, 0.15) is 31.6 Å². The van der Waals surface area contributed by atoms with E-state index in [9.17, 15) is 9.59 Å². The first kappa shape index (κ1) is 21.1. The molecule has 0 aliphatic carbocycles. The molecule has 2 heterocycles. The van der Waals surface area contributed by atoms with Crippen molar-refractivity contribution in [1.82, 2.24) is 5.32 Å². The van der Waals surface area contributed by atoms with E-state index in [1.807, 2.05) is 31.4 Å². The molecule has 2 aromatic rings. The average Bonchev–Trinajstić information content (AvgIpc) is 3.36. The molecule has 1 unspecified atom stereocenters. The maximum absolute atomic E-state index is 12.3. The maximum Gasteiger partial charge on any atom is 0.240 e. The number of hydrogen-bond acceptors (Lipinski definition) is 7. The zero-order valence-corrected chi connectivity index (χ0v) is 17.8. The van der Waals surface area contributed by atoms with Crippen LogP contribution in [-0.2, 0) is 9.59 Å². The summed E-state index contributed by atoms with van der Waals surface area (Å²) in [7, 11) is 0. The van der Waals surface area contributed by atoms with Crippen LogP contribution in [0.25, 0.3) is 0 Å². The summed E-state index contributed by atoms with van der Waals surface area (Å²) in [6.45, 7) is 4.56. The van der Waals surface area contributed by atoms with E-state index in [0.717, 1.165) is 22.8 Å². The first-order valence-corrected chi connectivity index (χ1v) is 11.0. The van der Waals surface area contributed by atoms with Crippen molar-refractivity contribution in [3.05, 3.63) is 46.7 Å². The van der Waals surface area contributed by atoms with E-state index >= 15 is 0 Å². The third-order valence-electron chi connectivity index (χ3n) is 3.93. The van der Waals surface area contributed by atoms with E-state index in [-0.39, 0.29) is 18.2 Å². The highest BCUT2D eigenvalue weighted by Gasteiger charge is 2.32. The van der Waals surface area contributed by atoms with Gasteiger partial charge in [0, 0.05) is 12.1 Å². The van der Waals surface area contributed by atoms with Crippen LogP contribution in [0.3, 0.4) is 0 Å². The third-order valence-corrected chi connectivity index (χ3v) is 5.98. The topological polar surface area (TPSA) is 92.2 Å². The lowest BCUT2D eigenvalue weighted by Crippen LogP contribution is -2.28. The highest BCUT2D eigenvalue weighted by Crippen LogP contribution is 2.24. The Bertz CT molecular complexity index is 908. The fourth-order valence-corrected chi connectivity index (χ4v) is 4.07. The minimum atomic E-state index is -0.529. The van der Waals surface area contributed by atoms with Gasteiger partial charge in [-0.25, -0.2) is 0 Å². The van der Waals surface area contributed by atoms with Crippen molar-refractivity contribution >= 4 is 51.5 Å². The second-order valence-electron chi connectivity index (χ2n) is 6.29. The van der Waals surface area contributed by atoms with E-state index in [1.165, 1.54) is 11.8 Å². The van der Waals surface area contributed by atoms with Crippen LogP contribution in [0.15, 0.2) is 52.0 Å². The molecule has 1 saturated heterocycles. The lowest BCUT2D eigenvalue weighted by atomic mass is 10.2. The SMILES string of the molecule is CCCOc1ccc(NC(=O)CC2S/C(=N/N=C(\C)c3cccs3)NC2=O)cc1. The third kappa shape index (κ3) is 6.16. The summed E-state index contributed by atoms with van der Waals surface area (Å²) in [4.78, 5) is 25.5. The molecule has 2 amide bonds. The molecule has 152 valence electrons. The number of thiophene rings is 1. The van der Waals surface area contributed by atoms with E-state index < -0.39 is 5.25 Å². The first-order chi connectivity index (χ1) is 14.0. The van der Waals surface area contributed by atoms with Gasteiger partial charge in [0.05, 0.1) is 17.2 Å². The Morgan fingerprint density at radius 3 is 2.76 bits per heavy atom. The van der Waals surface area contributed by atoms with Gasteiger partial charge in [-0.2, -0.15) is 5.10 Å². The summed E-state index contributed by atoms with van der Waals surface area (Å²) in [6.07, 6.45) is 0.987. The van der Waals surface area contributed by atoms with E-state index in [4.69, 9.17) is 4.74 Å². The number of anilines is 1. The molecule has 0 spiro atoms. The minimum absolute atomic E-state index is 0.0528. The maximum atomic E-state index is 12.3. The Morgan fingerprint density at radius 1 is 1.28 bits per heavy atom. The number of nitrogens with one attached hydrogen (secondary N) is 2. The quantitative estimate of drug-likeness (QED) is 0.491. The molecule has 2 N–H and O–H groups in total. The van der Waals surface area contributed by atoms with Gasteiger partial charge in [-0.05, 0) is 49.1 Å². The van der Waals surface area contributed by atoms with Gasteiger partial charge in [-0.3, -0.25) is 9.59 Å². The van der Waals surface area contributed by atoms with Crippen molar-refractivity contribution in [2.24, 2.45) is 10.2 Å². The number of benzene rings is 1. The number of nitrogens with zero attached hydrogens (tertiary/aromatic N) is 2. The van der Waals surface area contributed by atoms with Crippen LogP contribution >= 0.6 is 23.1 Å². The summed E-state index contributed by atoms with van der Waals surface area (Å²) >= 11 is 2.79. The van der Waals surface area contributed by atoms with E-state index in [1.54, 1.807) is 35.6 Å². The molecular formula is C20H22N4O3S2. The van der Waals surface area contributed by atoms with Gasteiger partial charge < -0.3 is 15.4 Å². The van der Waals surface area contributed by atoms with Gasteiger partial charge in [0.1, 0.15) is 11.0 Å². The fourth-order valence-electron chi connectivity index (χ4n) is 2.48. The van der Waals surface area contributed by atoms with Gasteiger partial charge in [-0.15, -0.1) is 16.4 Å². The molecule has 1 aliphatic heterocycles. The molecule has 0 radical (unpaired) electrons. The number of amides is 2. The second kappa shape index (κ2) is 10.2. The molecule has 1 aromatic carbocycles. The first-order valence-electron chi connectivity index (χ1n) is 9.21. The van der Waals surface area contributed by atoms with Crippen molar-refractivity contribution in [2.45, 2.75) is 31.9 Å². The number of hydrogen-bond donors (Lipinski definition) is 2. The average molecular weight is 431 g/mol. The van der Waals surface area contributed by atoms with Gasteiger partial charge in [0.25, 0.3) is 0 Å². The van der Waals surface area contributed by atoms with Gasteiger partial charge in [-0.1, -0.05) is 24.8 Å². The molecule has 9 heteroatoms. The number of carbonyl (C=O) groups excluding carboxylic acids is 2. The van der Waals surface area contributed by atoms with Crippen LogP contribution in [0.4, 0.5) is 5.69 Å². The Balaban J connectivity index is 1.52. The predicted octanol–water partition coefficient (Wildman–Crippen LogP) is 3.88. The monoisotopic (exact) mass is 430 g/mol. The summed E-state index contributed by atoms with van der Waals surface area (Å²) in [5.74, 6) is 0.283. The van der Waals surface area contributed by atoms with Crippen molar-refractivity contribution in [3.8, 4) is 5.75 Å². The van der Waals surface area contributed by atoms with Gasteiger partial charge in [0.2, 0.25) is 11.8 Å². The van der Waals surface area contributed by atoms with E-state index in [2.05, 4.69) is 20.8 Å². The fraction of sp³-hybridized carbons (Fsp3) is 0.300. The predicted molar refractivity (Wildman–Crippen MR) is 119 cm³/mol. The lowest BCUT2D eigenvalue weighted by Gasteiger charge is -2.09. The van der Waals surface area contributed by atoms with Crippen LogP contribution in [0, 0.1) is 0 Å². The van der Waals surface area contributed by atoms with Crippen LogP contribution < -0.4 is 15.4 Å². The lowest BCUT2D eigenvalue weighted by molar-refractivity contribution is -0.122. The Labute approximate surface area is 177 Å². The van der Waals surface area contributed by atoms with Gasteiger partial charge in [0.15, 0.2) is 5.17 Å². The van der Waals surface area contributed by atoms with Crippen LogP contribution in [0.2, 0.25) is 0 Å². The molecule has 0 bridgehead atoms. The van der Waals surface area contributed by atoms with Crippen LogP contribution in [0.5, 0.6) is 5.75 Å². The second-order valence-corrected chi connectivity index (χ2v) is 8.43. The molecule has 1 aliphatic rings. The Morgan fingerprint density at radius 2 is 2.07 bits per heavy atom. The standard InChI is InChI=1S/C20H22N4O3S2/c1-3-10-27-15-8-6-14(7-9-15)21-18(25)12-17-19(26)22-20(29-17)24-23-13(2)16-5-4-11-28-16/h4-9,11,17H,3,10,12H2,1-2H3,(H,21,25)(H,22,24,26)/b23-13+. The summed E-state index contributed by atoms with van der Waals surface area (Å²) < 4.78 is 5.52. The smallest absolute Gasteiger partial charge is 0.240 e. The summed E-state index contributed by atoms with van der Waals surface area (Å²) in [6, 6.07) is 11.1.